The van der Waals surface area contributed by atoms with Crippen LogP contribution in [0.5, 0.6) is 0 Å². The van der Waals surface area contributed by atoms with Crippen molar-refractivity contribution in [3.63, 3.8) is 0 Å². The van der Waals surface area contributed by atoms with Crippen LogP contribution in [0.25, 0.3) is 0 Å². The number of hydrogen-bond donors (Lipinski definition) is 1. The molecule has 1 aromatic rings. The van der Waals surface area contributed by atoms with Crippen molar-refractivity contribution < 1.29 is 0 Å². The summed E-state index contributed by atoms with van der Waals surface area (Å²) < 4.78 is 1.22. The quantitative estimate of drug-likeness (QED) is 0.639. The van der Waals surface area contributed by atoms with Crippen molar-refractivity contribution in [3.05, 3.63) is 32.1 Å². The minimum absolute atomic E-state index is 0.0696. The molecule has 0 bridgehead atoms. The fraction of sp³-hybridized carbons (Fsp3) is 0.692. The fourth-order valence-corrected chi connectivity index (χ4v) is 2.18. The van der Waals surface area contributed by atoms with E-state index in [9.17, 15) is 9.59 Å². The average molecular weight is 273 g/mol. The predicted octanol–water partition coefficient (Wildman–Crippen LogP) is 2.80. The lowest BCUT2D eigenvalue weighted by Gasteiger charge is -2.24. The van der Waals surface area contributed by atoms with Crippen LogP contribution in [-0.4, -0.2) is 9.55 Å². The number of unbranched alkanes of at least 4 members (excludes halogenated alkanes) is 2. The maximum atomic E-state index is 11.7. The summed E-state index contributed by atoms with van der Waals surface area (Å²) in [5, 5.41) is 0.0880. The molecule has 5 heteroatoms. The van der Waals surface area contributed by atoms with Crippen LogP contribution in [0.2, 0.25) is 5.15 Å². The summed E-state index contributed by atoms with van der Waals surface area (Å²) in [5.41, 5.74) is -0.844. The third kappa shape index (κ3) is 4.33. The number of rotatable bonds is 6. The van der Waals surface area contributed by atoms with Gasteiger partial charge in [-0.25, -0.2) is 4.79 Å². The number of hydrogen-bond acceptors (Lipinski definition) is 2. The van der Waals surface area contributed by atoms with Gasteiger partial charge in [0, 0.05) is 12.6 Å². The highest BCUT2D eigenvalue weighted by molar-refractivity contribution is 6.29. The van der Waals surface area contributed by atoms with Crippen molar-refractivity contribution >= 4 is 11.6 Å². The summed E-state index contributed by atoms with van der Waals surface area (Å²) in [6.07, 6.45) is 4.45. The molecule has 0 saturated heterocycles. The Morgan fingerprint density at radius 2 is 2.00 bits per heavy atom. The lowest BCUT2D eigenvalue weighted by molar-refractivity contribution is 0.263. The summed E-state index contributed by atoms with van der Waals surface area (Å²) in [5.74, 6) is 0. The third-order valence-electron chi connectivity index (χ3n) is 3.03. The number of aromatic nitrogens is 2. The molecule has 0 aliphatic heterocycles. The molecule has 1 aromatic heterocycles. The van der Waals surface area contributed by atoms with Crippen LogP contribution in [0.1, 0.15) is 46.5 Å². The molecule has 0 aromatic carbocycles. The van der Waals surface area contributed by atoms with Gasteiger partial charge in [0.05, 0.1) is 0 Å². The van der Waals surface area contributed by atoms with Crippen molar-refractivity contribution in [2.75, 3.05) is 0 Å². The van der Waals surface area contributed by atoms with Crippen LogP contribution in [-0.2, 0) is 6.54 Å². The van der Waals surface area contributed by atoms with Crippen molar-refractivity contribution in [2.45, 2.75) is 53.0 Å². The van der Waals surface area contributed by atoms with Crippen LogP contribution < -0.4 is 11.2 Å². The second kappa shape index (κ2) is 6.23. The van der Waals surface area contributed by atoms with Gasteiger partial charge >= 0.3 is 5.69 Å². The van der Waals surface area contributed by atoms with Gasteiger partial charge in [0.2, 0.25) is 0 Å². The average Bonchev–Trinajstić information content (AvgIpc) is 2.23. The van der Waals surface area contributed by atoms with Gasteiger partial charge < -0.3 is 0 Å². The Bertz CT molecular complexity index is 471. The topological polar surface area (TPSA) is 54.9 Å². The standard InChI is InChI=1S/C13H21ClN2O2/c1-4-5-6-7-13(2,3)9-16-11(17)8-10(14)15-12(16)18/h8H,4-7,9H2,1-3H3,(H,15,18). The number of nitrogens with one attached hydrogen (secondary N) is 1. The van der Waals surface area contributed by atoms with E-state index in [1.54, 1.807) is 0 Å². The Hall–Kier alpha value is -1.03. The Balaban J connectivity index is 2.84. The van der Waals surface area contributed by atoms with Gasteiger partial charge in [-0.05, 0) is 11.8 Å². The Morgan fingerprint density at radius 3 is 2.56 bits per heavy atom. The molecule has 0 saturated carbocycles. The van der Waals surface area contributed by atoms with Crippen LogP contribution in [0.15, 0.2) is 15.7 Å². The first kappa shape index (κ1) is 15.0. The van der Waals surface area contributed by atoms with Crippen molar-refractivity contribution in [3.8, 4) is 0 Å². The first-order chi connectivity index (χ1) is 8.35. The highest BCUT2D eigenvalue weighted by Gasteiger charge is 2.20. The van der Waals surface area contributed by atoms with Crippen LogP contribution >= 0.6 is 11.6 Å². The number of aromatic amines is 1. The molecule has 0 radical (unpaired) electrons. The molecule has 0 aliphatic rings. The highest BCUT2D eigenvalue weighted by atomic mass is 35.5. The van der Waals surface area contributed by atoms with Gasteiger partial charge in [0.15, 0.2) is 0 Å². The van der Waals surface area contributed by atoms with Crippen LogP contribution in [0.3, 0.4) is 0 Å². The van der Waals surface area contributed by atoms with E-state index in [2.05, 4.69) is 25.8 Å². The predicted molar refractivity (Wildman–Crippen MR) is 74.3 cm³/mol. The van der Waals surface area contributed by atoms with E-state index in [0.29, 0.717) is 6.54 Å². The molecule has 1 rings (SSSR count). The van der Waals surface area contributed by atoms with E-state index in [0.717, 1.165) is 19.3 Å². The fourth-order valence-electron chi connectivity index (χ4n) is 2.00. The first-order valence-corrected chi connectivity index (χ1v) is 6.73. The molecule has 0 fully saturated rings. The Kier molecular flexibility index (Phi) is 5.20. The summed E-state index contributed by atoms with van der Waals surface area (Å²) >= 11 is 5.63. The Labute approximate surface area is 112 Å². The minimum atomic E-state index is -0.434. The molecule has 0 aliphatic carbocycles. The maximum Gasteiger partial charge on any atom is 0.329 e. The number of nitrogens with zero attached hydrogens (tertiary/aromatic N) is 1. The molecule has 0 spiro atoms. The number of halogens is 1. The second-order valence-electron chi connectivity index (χ2n) is 5.47. The highest BCUT2D eigenvalue weighted by Crippen LogP contribution is 2.24. The van der Waals surface area contributed by atoms with E-state index < -0.39 is 5.69 Å². The van der Waals surface area contributed by atoms with Gasteiger partial charge in [-0.1, -0.05) is 51.6 Å². The molecular weight excluding hydrogens is 252 g/mol. The molecule has 18 heavy (non-hydrogen) atoms. The zero-order chi connectivity index (χ0) is 13.8. The second-order valence-corrected chi connectivity index (χ2v) is 5.88. The zero-order valence-corrected chi connectivity index (χ0v) is 12.0. The van der Waals surface area contributed by atoms with Crippen LogP contribution in [0, 0.1) is 5.41 Å². The van der Waals surface area contributed by atoms with Gasteiger partial charge in [-0.2, -0.15) is 0 Å². The van der Waals surface area contributed by atoms with Gasteiger partial charge in [0.1, 0.15) is 5.15 Å². The van der Waals surface area contributed by atoms with E-state index in [1.807, 2.05) is 0 Å². The molecular formula is C13H21ClN2O2. The van der Waals surface area contributed by atoms with Crippen molar-refractivity contribution in [1.29, 1.82) is 0 Å². The van der Waals surface area contributed by atoms with Crippen molar-refractivity contribution in [2.24, 2.45) is 5.41 Å². The largest absolute Gasteiger partial charge is 0.329 e. The molecule has 0 atom stereocenters. The third-order valence-corrected chi connectivity index (χ3v) is 3.23. The zero-order valence-electron chi connectivity index (χ0n) is 11.3. The maximum absolute atomic E-state index is 11.7. The smallest absolute Gasteiger partial charge is 0.298 e. The summed E-state index contributed by atoms with van der Waals surface area (Å²) in [6.45, 7) is 6.72. The van der Waals surface area contributed by atoms with E-state index >= 15 is 0 Å². The summed E-state index contributed by atoms with van der Waals surface area (Å²) in [6, 6.07) is 1.24. The lowest BCUT2D eigenvalue weighted by Crippen LogP contribution is -2.38. The monoisotopic (exact) mass is 272 g/mol. The van der Waals surface area contributed by atoms with Crippen molar-refractivity contribution in [1.82, 2.24) is 9.55 Å². The van der Waals surface area contributed by atoms with E-state index in [1.165, 1.54) is 17.1 Å². The molecule has 102 valence electrons. The number of H-pyrrole nitrogens is 1. The first-order valence-electron chi connectivity index (χ1n) is 6.35. The van der Waals surface area contributed by atoms with E-state index in [4.69, 9.17) is 11.6 Å². The lowest BCUT2D eigenvalue weighted by atomic mass is 9.87. The minimum Gasteiger partial charge on any atom is -0.298 e. The van der Waals surface area contributed by atoms with Gasteiger partial charge in [-0.3, -0.25) is 14.3 Å². The molecule has 4 nitrogen and oxygen atoms in total. The Morgan fingerprint density at radius 1 is 1.33 bits per heavy atom. The van der Waals surface area contributed by atoms with E-state index in [-0.39, 0.29) is 16.1 Å². The normalized spacial score (nSPS) is 11.8. The van der Waals surface area contributed by atoms with Gasteiger partial charge in [-0.15, -0.1) is 0 Å². The molecule has 1 heterocycles. The van der Waals surface area contributed by atoms with Gasteiger partial charge in [0.25, 0.3) is 5.56 Å². The summed E-state index contributed by atoms with van der Waals surface area (Å²) in [4.78, 5) is 25.9. The molecule has 1 N–H and O–H groups in total. The SMILES string of the molecule is CCCCCC(C)(C)Cn1c(=O)cc(Cl)[nH]c1=O. The molecule has 0 amide bonds. The molecule has 0 unspecified atom stereocenters. The summed E-state index contributed by atoms with van der Waals surface area (Å²) in [7, 11) is 0. The van der Waals surface area contributed by atoms with Crippen LogP contribution in [0.4, 0.5) is 0 Å².